The van der Waals surface area contributed by atoms with Crippen LogP contribution < -0.4 is 4.74 Å². The van der Waals surface area contributed by atoms with Gasteiger partial charge in [0.15, 0.2) is 0 Å². The molecule has 23 heavy (non-hydrogen) atoms. The van der Waals surface area contributed by atoms with Crippen molar-refractivity contribution in [3.63, 3.8) is 0 Å². The van der Waals surface area contributed by atoms with E-state index in [4.69, 9.17) is 38.2 Å². The largest absolute Gasteiger partial charge is 0.480 e. The Bertz CT molecular complexity index is 781. The third-order valence-electron chi connectivity index (χ3n) is 2.61. The molecule has 0 saturated carbocycles. The van der Waals surface area contributed by atoms with E-state index in [1.54, 1.807) is 48.5 Å². The Morgan fingerprint density at radius 3 is 2.43 bits per heavy atom. The number of ether oxygens (including phenoxy) is 1. The molecule has 0 atom stereocenters. The topological polar surface area (TPSA) is 47.9 Å². The standard InChI is InChI=1S/C16H12Cl2NO3P/c1-2-12-21-15-11-7-6-10-14(15)16(22-23(17,18)20)19-13-8-4-3-5-9-13/h1,3-11H,12H2. The van der Waals surface area contributed by atoms with E-state index in [0.717, 1.165) is 0 Å². The van der Waals surface area contributed by atoms with Gasteiger partial charge in [0, 0.05) is 22.5 Å². The second-order valence-corrected chi connectivity index (χ2v) is 8.45. The van der Waals surface area contributed by atoms with Gasteiger partial charge in [-0.3, -0.25) is 0 Å². The first-order valence-corrected chi connectivity index (χ1v) is 9.91. The number of terminal acetylenes is 1. The number of hydrogen-bond donors (Lipinski definition) is 0. The average molecular weight is 368 g/mol. The van der Waals surface area contributed by atoms with Crippen LogP contribution in [0.1, 0.15) is 5.56 Å². The zero-order chi connectivity index (χ0) is 16.7. The zero-order valence-corrected chi connectivity index (χ0v) is 14.3. The number of benzene rings is 2. The van der Waals surface area contributed by atoms with Crippen molar-refractivity contribution in [3.8, 4) is 18.1 Å². The van der Waals surface area contributed by atoms with Crippen LogP contribution in [0.4, 0.5) is 5.69 Å². The summed E-state index contributed by atoms with van der Waals surface area (Å²) in [7, 11) is 0. The molecule has 2 aromatic rings. The fourth-order valence-electron chi connectivity index (χ4n) is 1.74. The smallest absolute Gasteiger partial charge is 0.429 e. The van der Waals surface area contributed by atoms with Gasteiger partial charge in [-0.25, -0.2) is 9.56 Å². The zero-order valence-electron chi connectivity index (χ0n) is 11.9. The van der Waals surface area contributed by atoms with E-state index < -0.39 is 6.07 Å². The molecule has 0 amide bonds. The van der Waals surface area contributed by atoms with E-state index in [0.29, 0.717) is 17.0 Å². The Morgan fingerprint density at radius 1 is 1.13 bits per heavy atom. The summed E-state index contributed by atoms with van der Waals surface area (Å²) >= 11 is 11.1. The molecule has 4 nitrogen and oxygen atoms in total. The third-order valence-corrected chi connectivity index (χ3v) is 3.41. The molecule has 0 radical (unpaired) electrons. The van der Waals surface area contributed by atoms with E-state index in [1.165, 1.54) is 0 Å². The van der Waals surface area contributed by atoms with Gasteiger partial charge in [-0.1, -0.05) is 36.3 Å². The maximum absolute atomic E-state index is 11.7. The molecule has 0 fully saturated rings. The number of para-hydroxylation sites is 2. The molecule has 0 heterocycles. The Labute approximate surface area is 144 Å². The Kier molecular flexibility index (Phi) is 6.12. The lowest BCUT2D eigenvalue weighted by molar-refractivity contribution is 0.368. The molecular formula is C16H12Cl2NO3P. The highest BCUT2D eigenvalue weighted by Crippen LogP contribution is 2.58. The van der Waals surface area contributed by atoms with Crippen LogP contribution in [0.2, 0.25) is 0 Å². The molecule has 2 aromatic carbocycles. The van der Waals surface area contributed by atoms with Gasteiger partial charge in [0.2, 0.25) is 5.90 Å². The van der Waals surface area contributed by atoms with Crippen LogP contribution in [0.3, 0.4) is 0 Å². The fraction of sp³-hybridized carbons (Fsp3) is 0.0625. The first-order chi connectivity index (χ1) is 11.0. The highest BCUT2D eigenvalue weighted by atomic mass is 35.9. The van der Waals surface area contributed by atoms with E-state index >= 15 is 0 Å². The minimum Gasteiger partial charge on any atom is -0.480 e. The Hall–Kier alpha value is -1.92. The van der Waals surface area contributed by atoms with Crippen LogP contribution in [0.15, 0.2) is 59.6 Å². The first-order valence-electron chi connectivity index (χ1n) is 6.48. The number of rotatable bonds is 5. The molecule has 0 spiro atoms. The molecule has 0 bridgehead atoms. The Morgan fingerprint density at radius 2 is 1.78 bits per heavy atom. The van der Waals surface area contributed by atoms with Crippen molar-refractivity contribution in [3.05, 3.63) is 60.2 Å². The van der Waals surface area contributed by atoms with Gasteiger partial charge in [-0.15, -0.1) is 6.42 Å². The summed E-state index contributed by atoms with van der Waals surface area (Å²) in [4.78, 5) is 4.30. The predicted octanol–water partition coefficient (Wildman–Crippen LogP) is 5.38. The van der Waals surface area contributed by atoms with Gasteiger partial charge in [0.05, 0.1) is 11.3 Å². The van der Waals surface area contributed by atoms with Crippen molar-refractivity contribution in [2.75, 3.05) is 6.61 Å². The summed E-state index contributed by atoms with van der Waals surface area (Å²) < 4.78 is 22.3. The van der Waals surface area contributed by atoms with Crippen molar-refractivity contribution in [1.29, 1.82) is 0 Å². The fourth-order valence-corrected chi connectivity index (χ4v) is 2.47. The number of halogens is 2. The number of aliphatic imine (C=N–C) groups is 1. The minimum absolute atomic E-state index is 0.0165. The summed E-state index contributed by atoms with van der Waals surface area (Å²) in [6.07, 6.45) is 1.35. The van der Waals surface area contributed by atoms with Crippen LogP contribution in [-0.4, -0.2) is 12.5 Å². The molecule has 118 valence electrons. The Balaban J connectivity index is 2.48. The average Bonchev–Trinajstić information content (AvgIpc) is 2.52. The van der Waals surface area contributed by atoms with Crippen molar-refractivity contribution < 1.29 is 13.8 Å². The third kappa shape index (κ3) is 5.65. The van der Waals surface area contributed by atoms with Gasteiger partial charge >= 0.3 is 6.07 Å². The molecule has 0 aliphatic rings. The predicted molar refractivity (Wildman–Crippen MR) is 93.8 cm³/mol. The highest BCUT2D eigenvalue weighted by Gasteiger charge is 2.22. The van der Waals surface area contributed by atoms with E-state index in [2.05, 4.69) is 10.9 Å². The lowest BCUT2D eigenvalue weighted by atomic mass is 10.2. The molecule has 0 N–H and O–H groups in total. The normalized spacial score (nSPS) is 11.6. The maximum atomic E-state index is 11.7. The first kappa shape index (κ1) is 17.4. The summed E-state index contributed by atoms with van der Waals surface area (Å²) in [5, 5.41) is 0. The SMILES string of the molecule is C#CCOc1ccccc1C(=Nc1ccccc1)OP(=O)(Cl)Cl. The molecule has 0 unspecified atom stereocenters. The number of nitrogens with zero attached hydrogens (tertiary/aromatic N) is 1. The lowest BCUT2D eigenvalue weighted by Gasteiger charge is -2.13. The van der Waals surface area contributed by atoms with Crippen molar-refractivity contribution in [1.82, 2.24) is 0 Å². The van der Waals surface area contributed by atoms with E-state index in [9.17, 15) is 4.57 Å². The van der Waals surface area contributed by atoms with E-state index in [1.807, 2.05) is 6.07 Å². The maximum Gasteiger partial charge on any atom is 0.429 e. The van der Waals surface area contributed by atoms with E-state index in [-0.39, 0.29) is 12.5 Å². The van der Waals surface area contributed by atoms with Crippen LogP contribution in [0.25, 0.3) is 0 Å². The van der Waals surface area contributed by atoms with Gasteiger partial charge in [0.1, 0.15) is 12.4 Å². The molecule has 0 aliphatic carbocycles. The highest BCUT2D eigenvalue weighted by molar-refractivity contribution is 8.05. The second kappa shape index (κ2) is 8.08. The van der Waals surface area contributed by atoms with Crippen LogP contribution in [0.5, 0.6) is 5.75 Å². The molecule has 0 aliphatic heterocycles. The number of hydrogen-bond acceptors (Lipinski definition) is 4. The molecule has 0 aromatic heterocycles. The molecule has 7 heteroatoms. The molecular weight excluding hydrogens is 356 g/mol. The summed E-state index contributed by atoms with van der Waals surface area (Å²) in [5.74, 6) is 2.77. The summed E-state index contributed by atoms with van der Waals surface area (Å²) in [6, 6.07) is 15.8. The minimum atomic E-state index is -3.85. The van der Waals surface area contributed by atoms with Gasteiger partial charge in [-0.05, 0) is 24.3 Å². The van der Waals surface area contributed by atoms with Gasteiger partial charge < -0.3 is 9.26 Å². The molecule has 2 rings (SSSR count). The van der Waals surface area contributed by atoms with Crippen molar-refractivity contribution >= 4 is 40.1 Å². The monoisotopic (exact) mass is 367 g/mol. The van der Waals surface area contributed by atoms with Crippen molar-refractivity contribution in [2.45, 2.75) is 0 Å². The lowest BCUT2D eigenvalue weighted by Crippen LogP contribution is -2.06. The summed E-state index contributed by atoms with van der Waals surface area (Å²) in [5.41, 5.74) is 1.02. The van der Waals surface area contributed by atoms with Crippen molar-refractivity contribution in [2.24, 2.45) is 4.99 Å². The van der Waals surface area contributed by atoms with Crippen LogP contribution in [0, 0.1) is 12.3 Å². The molecule has 0 saturated heterocycles. The van der Waals surface area contributed by atoms with Crippen LogP contribution in [-0.2, 0) is 9.09 Å². The quantitative estimate of drug-likeness (QED) is 0.308. The van der Waals surface area contributed by atoms with Gasteiger partial charge in [0.25, 0.3) is 0 Å². The second-order valence-electron chi connectivity index (χ2n) is 4.25. The van der Waals surface area contributed by atoms with Crippen LogP contribution >= 0.6 is 28.6 Å². The summed E-state index contributed by atoms with van der Waals surface area (Å²) in [6.45, 7) is 0.0645. The van der Waals surface area contributed by atoms with Gasteiger partial charge in [-0.2, -0.15) is 0 Å².